The molecule has 2 heterocycles. The van der Waals surface area contributed by atoms with Gasteiger partial charge in [0.1, 0.15) is 0 Å². The molecule has 0 aliphatic carbocycles. The van der Waals surface area contributed by atoms with Crippen molar-refractivity contribution in [3.63, 3.8) is 0 Å². The molecule has 1 fully saturated rings. The second-order valence-electron chi connectivity index (χ2n) is 5.58. The minimum absolute atomic E-state index is 0.591. The molecule has 0 amide bonds. The number of likely N-dealkylation sites (tertiary alicyclic amines) is 1. The Morgan fingerprint density at radius 3 is 2.94 bits per heavy atom. The summed E-state index contributed by atoms with van der Waals surface area (Å²) in [6, 6.07) is 4.94. The van der Waals surface area contributed by atoms with Gasteiger partial charge in [0.15, 0.2) is 0 Å². The molecule has 1 atom stereocenters. The van der Waals surface area contributed by atoms with Crippen molar-refractivity contribution in [1.82, 2.24) is 14.8 Å². The highest BCUT2D eigenvalue weighted by atomic mass is 15.1. The van der Waals surface area contributed by atoms with Gasteiger partial charge in [-0.05, 0) is 71.5 Å². The van der Waals surface area contributed by atoms with Crippen LogP contribution in [0.2, 0.25) is 0 Å². The average Bonchev–Trinajstić information content (AvgIpc) is 2.76. The van der Waals surface area contributed by atoms with Crippen molar-refractivity contribution < 1.29 is 0 Å². The Morgan fingerprint density at radius 2 is 2.28 bits per heavy atom. The van der Waals surface area contributed by atoms with E-state index in [4.69, 9.17) is 0 Å². The van der Waals surface area contributed by atoms with Gasteiger partial charge in [-0.25, -0.2) is 0 Å². The summed E-state index contributed by atoms with van der Waals surface area (Å²) in [5.74, 6) is 0. The molecule has 0 N–H and O–H groups in total. The highest BCUT2D eigenvalue weighted by molar-refractivity contribution is 5.24. The lowest BCUT2D eigenvalue weighted by Crippen LogP contribution is -2.20. The number of pyridine rings is 1. The van der Waals surface area contributed by atoms with E-state index in [0.29, 0.717) is 6.04 Å². The van der Waals surface area contributed by atoms with E-state index < -0.39 is 0 Å². The van der Waals surface area contributed by atoms with Gasteiger partial charge in [-0.3, -0.25) is 9.88 Å². The van der Waals surface area contributed by atoms with Crippen molar-refractivity contribution in [3.05, 3.63) is 29.6 Å². The molecule has 1 aliphatic heterocycles. The van der Waals surface area contributed by atoms with Crippen LogP contribution in [0.5, 0.6) is 0 Å². The number of aryl methyl sites for hydroxylation is 1. The Balaban J connectivity index is 2.05. The lowest BCUT2D eigenvalue weighted by Gasteiger charge is -2.22. The second-order valence-corrected chi connectivity index (χ2v) is 5.58. The predicted octanol–water partition coefficient (Wildman–Crippen LogP) is 2.34. The number of hydrogen-bond donors (Lipinski definition) is 0. The molecular weight excluding hydrogens is 222 g/mol. The van der Waals surface area contributed by atoms with E-state index in [2.05, 4.69) is 48.1 Å². The van der Waals surface area contributed by atoms with E-state index >= 15 is 0 Å². The molecule has 3 nitrogen and oxygen atoms in total. The first-order chi connectivity index (χ1) is 8.68. The van der Waals surface area contributed by atoms with Gasteiger partial charge in [0.2, 0.25) is 0 Å². The van der Waals surface area contributed by atoms with Crippen LogP contribution in [0.4, 0.5) is 0 Å². The minimum atomic E-state index is 0.591. The Bertz CT molecular complexity index is 376. The Hall–Kier alpha value is -0.930. The third-order valence-corrected chi connectivity index (χ3v) is 3.82. The zero-order valence-corrected chi connectivity index (χ0v) is 11.9. The van der Waals surface area contributed by atoms with Crippen LogP contribution >= 0.6 is 0 Å². The van der Waals surface area contributed by atoms with Gasteiger partial charge in [-0.2, -0.15) is 0 Å². The van der Waals surface area contributed by atoms with E-state index in [0.717, 1.165) is 13.0 Å². The van der Waals surface area contributed by atoms with Gasteiger partial charge in [-0.15, -0.1) is 0 Å². The summed E-state index contributed by atoms with van der Waals surface area (Å²) in [6.07, 6.45) is 6.81. The van der Waals surface area contributed by atoms with Crippen LogP contribution in [-0.2, 0) is 6.42 Å². The van der Waals surface area contributed by atoms with Gasteiger partial charge in [0.05, 0.1) is 0 Å². The summed E-state index contributed by atoms with van der Waals surface area (Å²) < 4.78 is 0. The zero-order chi connectivity index (χ0) is 13.0. The molecule has 1 aromatic rings. The molecule has 0 radical (unpaired) electrons. The molecule has 0 bridgehead atoms. The van der Waals surface area contributed by atoms with E-state index in [1.54, 1.807) is 0 Å². The van der Waals surface area contributed by atoms with Crippen LogP contribution in [0.3, 0.4) is 0 Å². The fourth-order valence-corrected chi connectivity index (χ4v) is 2.83. The summed E-state index contributed by atoms with van der Waals surface area (Å²) in [4.78, 5) is 9.31. The summed E-state index contributed by atoms with van der Waals surface area (Å²) in [5.41, 5.74) is 2.76. The average molecular weight is 247 g/mol. The molecule has 1 unspecified atom stereocenters. The SMILES string of the molecule is CN(C)CCCc1ncccc1C1CCCN1C. The second kappa shape index (κ2) is 6.30. The van der Waals surface area contributed by atoms with Crippen LogP contribution in [0.1, 0.15) is 36.6 Å². The smallest absolute Gasteiger partial charge is 0.0451 e. The van der Waals surface area contributed by atoms with Crippen LogP contribution in [-0.4, -0.2) is 49.0 Å². The topological polar surface area (TPSA) is 19.4 Å². The van der Waals surface area contributed by atoms with Gasteiger partial charge in [-0.1, -0.05) is 6.07 Å². The molecule has 1 aliphatic rings. The van der Waals surface area contributed by atoms with Gasteiger partial charge < -0.3 is 4.90 Å². The maximum Gasteiger partial charge on any atom is 0.0451 e. The Morgan fingerprint density at radius 1 is 1.44 bits per heavy atom. The first kappa shape index (κ1) is 13.5. The molecule has 0 aromatic carbocycles. The summed E-state index contributed by atoms with van der Waals surface area (Å²) >= 11 is 0. The molecular formula is C15H25N3. The monoisotopic (exact) mass is 247 g/mol. The Labute approximate surface area is 111 Å². The largest absolute Gasteiger partial charge is 0.309 e. The quantitative estimate of drug-likeness (QED) is 0.796. The van der Waals surface area contributed by atoms with Gasteiger partial charge in [0.25, 0.3) is 0 Å². The van der Waals surface area contributed by atoms with E-state index in [1.807, 2.05) is 6.20 Å². The third-order valence-electron chi connectivity index (χ3n) is 3.82. The van der Waals surface area contributed by atoms with Gasteiger partial charge >= 0.3 is 0 Å². The van der Waals surface area contributed by atoms with Crippen LogP contribution < -0.4 is 0 Å². The van der Waals surface area contributed by atoms with Crippen LogP contribution in [0.25, 0.3) is 0 Å². The van der Waals surface area contributed by atoms with Crippen molar-refractivity contribution in [2.45, 2.75) is 31.7 Å². The first-order valence-corrected chi connectivity index (χ1v) is 6.97. The van der Waals surface area contributed by atoms with Gasteiger partial charge in [0, 0.05) is 17.9 Å². The number of aromatic nitrogens is 1. The molecule has 0 spiro atoms. The molecule has 100 valence electrons. The van der Waals surface area contributed by atoms with E-state index in [-0.39, 0.29) is 0 Å². The standard InChI is InChI=1S/C15H25N3/c1-17(2)11-5-8-14-13(7-4-10-16-14)15-9-6-12-18(15)3/h4,7,10,15H,5-6,8-9,11-12H2,1-3H3. The van der Waals surface area contributed by atoms with Crippen LogP contribution in [0, 0.1) is 0 Å². The highest BCUT2D eigenvalue weighted by Crippen LogP contribution is 2.31. The fourth-order valence-electron chi connectivity index (χ4n) is 2.83. The number of nitrogens with zero attached hydrogens (tertiary/aromatic N) is 3. The summed E-state index contributed by atoms with van der Waals surface area (Å²) in [5, 5.41) is 0. The highest BCUT2D eigenvalue weighted by Gasteiger charge is 2.24. The molecule has 3 heteroatoms. The maximum absolute atomic E-state index is 4.61. The van der Waals surface area contributed by atoms with Crippen molar-refractivity contribution in [1.29, 1.82) is 0 Å². The van der Waals surface area contributed by atoms with Crippen molar-refractivity contribution in [3.8, 4) is 0 Å². The maximum atomic E-state index is 4.61. The van der Waals surface area contributed by atoms with Crippen molar-refractivity contribution >= 4 is 0 Å². The minimum Gasteiger partial charge on any atom is -0.309 e. The molecule has 18 heavy (non-hydrogen) atoms. The predicted molar refractivity (Wildman–Crippen MR) is 75.7 cm³/mol. The summed E-state index contributed by atoms with van der Waals surface area (Å²) in [7, 11) is 6.49. The Kier molecular flexibility index (Phi) is 4.72. The van der Waals surface area contributed by atoms with Crippen molar-refractivity contribution in [2.24, 2.45) is 0 Å². The molecule has 1 aromatic heterocycles. The molecule has 0 saturated carbocycles. The normalized spacial score (nSPS) is 20.8. The molecule has 2 rings (SSSR count). The molecule has 1 saturated heterocycles. The summed E-state index contributed by atoms with van der Waals surface area (Å²) in [6.45, 7) is 2.35. The lowest BCUT2D eigenvalue weighted by atomic mass is 10.0. The third kappa shape index (κ3) is 3.30. The van der Waals surface area contributed by atoms with Crippen molar-refractivity contribution in [2.75, 3.05) is 34.2 Å². The first-order valence-electron chi connectivity index (χ1n) is 6.97. The van der Waals surface area contributed by atoms with E-state index in [1.165, 1.54) is 37.1 Å². The van der Waals surface area contributed by atoms with Crippen LogP contribution in [0.15, 0.2) is 18.3 Å². The van der Waals surface area contributed by atoms with E-state index in [9.17, 15) is 0 Å². The number of hydrogen-bond acceptors (Lipinski definition) is 3. The fraction of sp³-hybridized carbons (Fsp3) is 0.667. The number of rotatable bonds is 5. The zero-order valence-electron chi connectivity index (χ0n) is 11.9. The lowest BCUT2D eigenvalue weighted by molar-refractivity contribution is 0.314.